The molecule has 0 saturated carbocycles. The molecular formula is C4H7BrO4. The van der Waals surface area contributed by atoms with E-state index in [2.05, 4.69) is 15.9 Å². The van der Waals surface area contributed by atoms with Crippen molar-refractivity contribution in [3.05, 3.63) is 0 Å². The topological polar surface area (TPSA) is 77.8 Å². The monoisotopic (exact) mass is 198 g/mol. The van der Waals surface area contributed by atoms with Gasteiger partial charge >= 0.3 is 5.97 Å². The number of halogens is 1. The van der Waals surface area contributed by atoms with Crippen LogP contribution in [0.25, 0.3) is 0 Å². The molecule has 0 bridgehead atoms. The van der Waals surface area contributed by atoms with Gasteiger partial charge in [0.05, 0.1) is 11.4 Å². The summed E-state index contributed by atoms with van der Waals surface area (Å²) in [5.74, 6) is -1.34. The summed E-state index contributed by atoms with van der Waals surface area (Å²) in [6.45, 7) is -0.395. The molecule has 0 aromatic rings. The van der Waals surface area contributed by atoms with E-state index in [1.54, 1.807) is 0 Å². The largest absolute Gasteiger partial charge is 0.479 e. The molecule has 0 aromatic heterocycles. The summed E-state index contributed by atoms with van der Waals surface area (Å²) in [7, 11) is 0. The van der Waals surface area contributed by atoms with E-state index in [1.165, 1.54) is 0 Å². The first kappa shape index (κ1) is 8.87. The van der Waals surface area contributed by atoms with E-state index >= 15 is 0 Å². The number of hydrogen-bond donors (Lipinski definition) is 3. The summed E-state index contributed by atoms with van der Waals surface area (Å²) in [6.07, 6.45) is -1.53. The molecule has 0 unspecified atom stereocenters. The van der Waals surface area contributed by atoms with E-state index in [9.17, 15) is 4.79 Å². The highest BCUT2D eigenvalue weighted by Crippen LogP contribution is 2.03. The minimum Gasteiger partial charge on any atom is -0.479 e. The quantitative estimate of drug-likeness (QED) is 0.519. The van der Waals surface area contributed by atoms with Gasteiger partial charge in [-0.3, -0.25) is 0 Å². The minimum absolute atomic E-state index is 0.395. The number of carboxylic acids is 1. The van der Waals surface area contributed by atoms with Crippen molar-refractivity contribution in [2.45, 2.75) is 10.9 Å². The van der Waals surface area contributed by atoms with Crippen molar-refractivity contribution in [2.24, 2.45) is 0 Å². The van der Waals surface area contributed by atoms with E-state index < -0.39 is 23.5 Å². The van der Waals surface area contributed by atoms with Crippen molar-refractivity contribution >= 4 is 21.9 Å². The van der Waals surface area contributed by atoms with Gasteiger partial charge in [-0.2, -0.15) is 0 Å². The van der Waals surface area contributed by atoms with Crippen molar-refractivity contribution in [2.75, 3.05) is 6.61 Å². The lowest BCUT2D eigenvalue weighted by Gasteiger charge is -2.08. The molecule has 9 heavy (non-hydrogen) atoms. The molecule has 0 aliphatic carbocycles. The normalized spacial score (nSPS) is 16.8. The lowest BCUT2D eigenvalue weighted by Crippen LogP contribution is -2.31. The minimum atomic E-state index is -1.53. The molecule has 0 spiro atoms. The van der Waals surface area contributed by atoms with Gasteiger partial charge in [0.15, 0.2) is 6.10 Å². The fourth-order valence-corrected chi connectivity index (χ4v) is 0.481. The Hall–Kier alpha value is -0.130. The van der Waals surface area contributed by atoms with Crippen LogP contribution in [0.4, 0.5) is 0 Å². The number of hydrogen-bond acceptors (Lipinski definition) is 3. The summed E-state index contributed by atoms with van der Waals surface area (Å²) < 4.78 is 0. The van der Waals surface area contributed by atoms with Gasteiger partial charge in [0.1, 0.15) is 0 Å². The van der Waals surface area contributed by atoms with Gasteiger partial charge in [-0.1, -0.05) is 15.9 Å². The Balaban J connectivity index is 3.72. The smallest absolute Gasteiger partial charge is 0.333 e. The zero-order valence-electron chi connectivity index (χ0n) is 4.49. The summed E-state index contributed by atoms with van der Waals surface area (Å²) in [6, 6.07) is 0. The third-order valence-electron chi connectivity index (χ3n) is 0.770. The van der Waals surface area contributed by atoms with E-state index in [0.29, 0.717) is 0 Å². The number of aliphatic carboxylic acids is 1. The van der Waals surface area contributed by atoms with Crippen LogP contribution in [-0.2, 0) is 4.79 Å². The van der Waals surface area contributed by atoms with E-state index in [4.69, 9.17) is 15.3 Å². The van der Waals surface area contributed by atoms with Crippen molar-refractivity contribution in [3.63, 3.8) is 0 Å². The SMILES string of the molecule is O=C(O)[C@H](O)[C@@H](Br)CO. The standard InChI is InChI=1S/C4H7BrO4/c5-2(1-6)3(7)4(8)9/h2-3,6-7H,1H2,(H,8,9)/t2-,3+/m0/s1. The maximum absolute atomic E-state index is 9.91. The second-order valence-corrected chi connectivity index (χ2v) is 2.66. The van der Waals surface area contributed by atoms with Crippen molar-refractivity contribution in [1.29, 1.82) is 0 Å². The van der Waals surface area contributed by atoms with Gasteiger partial charge in [0.2, 0.25) is 0 Å². The molecule has 0 aromatic carbocycles. The molecule has 0 heterocycles. The van der Waals surface area contributed by atoms with Crippen molar-refractivity contribution in [3.8, 4) is 0 Å². The zero-order valence-corrected chi connectivity index (χ0v) is 6.08. The molecule has 2 atom stereocenters. The highest BCUT2D eigenvalue weighted by molar-refractivity contribution is 9.09. The van der Waals surface area contributed by atoms with E-state index in [-0.39, 0.29) is 0 Å². The molecule has 0 aliphatic heterocycles. The van der Waals surface area contributed by atoms with Crippen LogP contribution in [0, 0.1) is 0 Å². The van der Waals surface area contributed by atoms with Gasteiger partial charge in [-0.05, 0) is 0 Å². The highest BCUT2D eigenvalue weighted by Gasteiger charge is 2.21. The maximum atomic E-state index is 9.91. The van der Waals surface area contributed by atoms with Gasteiger partial charge in [0.25, 0.3) is 0 Å². The first-order valence-corrected chi connectivity index (χ1v) is 3.17. The summed E-state index contributed by atoms with van der Waals surface area (Å²) in [5, 5.41) is 25.0. The number of aliphatic hydroxyl groups excluding tert-OH is 2. The highest BCUT2D eigenvalue weighted by atomic mass is 79.9. The zero-order chi connectivity index (χ0) is 7.44. The Bertz CT molecular complexity index is 105. The number of aliphatic hydroxyl groups is 2. The molecule has 3 N–H and O–H groups in total. The number of alkyl halides is 1. The lowest BCUT2D eigenvalue weighted by molar-refractivity contribution is -0.146. The summed E-state index contributed by atoms with van der Waals surface area (Å²) >= 11 is 2.76. The van der Waals surface area contributed by atoms with Crippen LogP contribution >= 0.6 is 15.9 Å². The molecule has 0 saturated heterocycles. The summed E-state index contributed by atoms with van der Waals surface area (Å²) in [5.41, 5.74) is 0. The second kappa shape index (κ2) is 3.81. The van der Waals surface area contributed by atoms with Gasteiger partial charge in [0, 0.05) is 0 Å². The van der Waals surface area contributed by atoms with E-state index in [1.807, 2.05) is 0 Å². The third-order valence-corrected chi connectivity index (χ3v) is 1.56. The van der Waals surface area contributed by atoms with Crippen molar-refractivity contribution in [1.82, 2.24) is 0 Å². The van der Waals surface area contributed by atoms with Crippen LogP contribution in [-0.4, -0.2) is 38.8 Å². The van der Waals surface area contributed by atoms with Crippen LogP contribution in [0.1, 0.15) is 0 Å². The molecule has 5 heteroatoms. The molecule has 54 valence electrons. The first-order chi connectivity index (χ1) is 4.09. The van der Waals surface area contributed by atoms with Crippen LogP contribution in [0.5, 0.6) is 0 Å². The van der Waals surface area contributed by atoms with E-state index in [0.717, 1.165) is 0 Å². The van der Waals surface area contributed by atoms with Gasteiger partial charge < -0.3 is 15.3 Å². The Morgan fingerprint density at radius 1 is 1.67 bits per heavy atom. The second-order valence-electron chi connectivity index (χ2n) is 1.48. The number of carbonyl (C=O) groups is 1. The fraction of sp³-hybridized carbons (Fsp3) is 0.750. The molecule has 0 fully saturated rings. The fourth-order valence-electron chi connectivity index (χ4n) is 0.255. The number of carboxylic acid groups (broad SMARTS) is 1. The Morgan fingerprint density at radius 2 is 2.11 bits per heavy atom. The van der Waals surface area contributed by atoms with Crippen LogP contribution in [0.2, 0.25) is 0 Å². The predicted molar refractivity (Wildman–Crippen MR) is 33.4 cm³/mol. The Kier molecular flexibility index (Phi) is 3.76. The van der Waals surface area contributed by atoms with Crippen LogP contribution in [0.3, 0.4) is 0 Å². The molecular weight excluding hydrogens is 192 g/mol. The molecule has 0 rings (SSSR count). The average Bonchev–Trinajstić information content (AvgIpc) is 1.84. The number of rotatable bonds is 3. The average molecular weight is 199 g/mol. The van der Waals surface area contributed by atoms with Crippen molar-refractivity contribution < 1.29 is 20.1 Å². The molecule has 0 radical (unpaired) electrons. The van der Waals surface area contributed by atoms with Gasteiger partial charge in [-0.15, -0.1) is 0 Å². The lowest BCUT2D eigenvalue weighted by atomic mass is 10.3. The van der Waals surface area contributed by atoms with Gasteiger partial charge in [-0.25, -0.2) is 4.79 Å². The first-order valence-electron chi connectivity index (χ1n) is 2.25. The molecule has 0 amide bonds. The Labute approximate surface area is 60.2 Å². The Morgan fingerprint density at radius 3 is 2.22 bits per heavy atom. The molecule has 0 aliphatic rings. The third kappa shape index (κ3) is 2.78. The molecule has 4 nitrogen and oxygen atoms in total. The summed E-state index contributed by atoms with van der Waals surface area (Å²) in [4.78, 5) is 9.13. The predicted octanol–water partition coefficient (Wildman–Crippen LogP) is -0.812. The van der Waals surface area contributed by atoms with Crippen LogP contribution in [0.15, 0.2) is 0 Å². The van der Waals surface area contributed by atoms with Crippen LogP contribution < -0.4 is 0 Å². The maximum Gasteiger partial charge on any atom is 0.333 e.